The van der Waals surface area contributed by atoms with Gasteiger partial charge in [0.2, 0.25) is 0 Å². The molecule has 1 rings (SSSR count). The maximum atomic E-state index is 5.88. The Kier molecular flexibility index (Phi) is 6.06. The Hall–Kier alpha value is -0.640. The summed E-state index contributed by atoms with van der Waals surface area (Å²) in [6.45, 7) is 13.5. The average molecular weight is 255 g/mol. The molecule has 0 radical (unpaired) electrons. The van der Waals surface area contributed by atoms with Crippen LogP contribution >= 0.6 is 0 Å². The van der Waals surface area contributed by atoms with E-state index in [9.17, 15) is 0 Å². The number of rotatable bonds is 8. The van der Waals surface area contributed by atoms with E-state index in [1.165, 1.54) is 12.8 Å². The Morgan fingerprint density at radius 1 is 1.39 bits per heavy atom. The fourth-order valence-corrected chi connectivity index (χ4v) is 2.03. The molecule has 0 aromatic rings. The lowest BCUT2D eigenvalue weighted by Gasteiger charge is -2.25. The standard InChI is InChI=1S/C14H29N3O/c1-6-8-12(3)9-17-10-13(15-16-17)11-18-14(4,5)7-2/h12-13H,6-11H2,1-5H3. The Morgan fingerprint density at radius 3 is 2.72 bits per heavy atom. The summed E-state index contributed by atoms with van der Waals surface area (Å²) >= 11 is 0. The van der Waals surface area contributed by atoms with Gasteiger partial charge in [-0.3, -0.25) is 5.01 Å². The average Bonchev–Trinajstić information content (AvgIpc) is 2.75. The minimum Gasteiger partial charge on any atom is -0.373 e. The fraction of sp³-hybridized carbons (Fsp3) is 1.00. The van der Waals surface area contributed by atoms with E-state index >= 15 is 0 Å². The van der Waals surface area contributed by atoms with Crippen LogP contribution in [0.25, 0.3) is 0 Å². The van der Waals surface area contributed by atoms with Gasteiger partial charge in [-0.05, 0) is 32.6 Å². The summed E-state index contributed by atoms with van der Waals surface area (Å²) in [6.07, 6.45) is 3.52. The lowest BCUT2D eigenvalue weighted by atomic mass is 10.1. The van der Waals surface area contributed by atoms with E-state index in [1.807, 2.05) is 0 Å². The van der Waals surface area contributed by atoms with Crippen LogP contribution in [0.1, 0.15) is 53.9 Å². The van der Waals surface area contributed by atoms with Crippen LogP contribution in [0.3, 0.4) is 0 Å². The predicted octanol–water partition coefficient (Wildman–Crippen LogP) is 3.68. The second-order valence-electron chi connectivity index (χ2n) is 6.05. The molecule has 0 N–H and O–H groups in total. The van der Waals surface area contributed by atoms with Crippen molar-refractivity contribution in [2.45, 2.75) is 65.5 Å². The molecule has 0 aromatic carbocycles. The molecule has 0 spiro atoms. The van der Waals surface area contributed by atoms with Crippen molar-refractivity contribution in [2.75, 3.05) is 19.7 Å². The minimum absolute atomic E-state index is 0.0432. The SMILES string of the molecule is CCCC(C)CN1CC(COC(C)(C)CC)N=N1. The second kappa shape index (κ2) is 7.07. The van der Waals surface area contributed by atoms with E-state index in [0.29, 0.717) is 12.5 Å². The maximum absolute atomic E-state index is 5.88. The maximum Gasteiger partial charge on any atom is 0.115 e. The number of hydrogen-bond acceptors (Lipinski definition) is 4. The smallest absolute Gasteiger partial charge is 0.115 e. The third kappa shape index (κ3) is 5.34. The molecule has 4 heteroatoms. The molecule has 0 saturated heterocycles. The molecule has 0 aliphatic carbocycles. The van der Waals surface area contributed by atoms with E-state index in [0.717, 1.165) is 19.5 Å². The van der Waals surface area contributed by atoms with Crippen molar-refractivity contribution in [2.24, 2.45) is 16.3 Å². The number of nitrogens with zero attached hydrogens (tertiary/aromatic N) is 3. The molecule has 0 saturated carbocycles. The first-order chi connectivity index (χ1) is 8.46. The van der Waals surface area contributed by atoms with Crippen LogP contribution in [0, 0.1) is 5.92 Å². The van der Waals surface area contributed by atoms with Crippen LogP contribution in [-0.4, -0.2) is 36.3 Å². The van der Waals surface area contributed by atoms with Crippen LogP contribution in [-0.2, 0) is 4.74 Å². The highest BCUT2D eigenvalue weighted by atomic mass is 16.5. The topological polar surface area (TPSA) is 37.2 Å². The first kappa shape index (κ1) is 15.4. The van der Waals surface area contributed by atoms with E-state index in [1.54, 1.807) is 0 Å². The zero-order valence-corrected chi connectivity index (χ0v) is 12.6. The van der Waals surface area contributed by atoms with Gasteiger partial charge >= 0.3 is 0 Å². The fourth-order valence-electron chi connectivity index (χ4n) is 2.03. The quantitative estimate of drug-likeness (QED) is 0.663. The van der Waals surface area contributed by atoms with Crippen molar-refractivity contribution in [3.8, 4) is 0 Å². The highest BCUT2D eigenvalue weighted by molar-refractivity contribution is 4.76. The Balaban J connectivity index is 2.24. The summed E-state index contributed by atoms with van der Waals surface area (Å²) in [5.74, 6) is 0.695. The molecule has 0 bridgehead atoms. The van der Waals surface area contributed by atoms with Crippen molar-refractivity contribution >= 4 is 0 Å². The highest BCUT2D eigenvalue weighted by Crippen LogP contribution is 2.18. The molecule has 0 amide bonds. The molecule has 1 heterocycles. The summed E-state index contributed by atoms with van der Waals surface area (Å²) in [4.78, 5) is 0. The van der Waals surface area contributed by atoms with Gasteiger partial charge in [0.25, 0.3) is 0 Å². The zero-order chi connectivity index (χ0) is 13.6. The zero-order valence-electron chi connectivity index (χ0n) is 12.6. The molecule has 1 aliphatic rings. The van der Waals surface area contributed by atoms with E-state index < -0.39 is 0 Å². The van der Waals surface area contributed by atoms with Gasteiger partial charge in [0.1, 0.15) is 6.04 Å². The van der Waals surface area contributed by atoms with E-state index in [-0.39, 0.29) is 11.6 Å². The third-order valence-corrected chi connectivity index (χ3v) is 3.58. The molecule has 4 nitrogen and oxygen atoms in total. The minimum atomic E-state index is -0.0432. The van der Waals surface area contributed by atoms with Crippen molar-refractivity contribution in [1.29, 1.82) is 0 Å². The normalized spacial score (nSPS) is 21.6. The van der Waals surface area contributed by atoms with Crippen molar-refractivity contribution < 1.29 is 4.74 Å². The summed E-state index contributed by atoms with van der Waals surface area (Å²) < 4.78 is 5.88. The highest BCUT2D eigenvalue weighted by Gasteiger charge is 2.24. The molecule has 0 aromatic heterocycles. The van der Waals surface area contributed by atoms with Crippen molar-refractivity contribution in [3.05, 3.63) is 0 Å². The summed E-state index contributed by atoms with van der Waals surface area (Å²) in [5, 5.41) is 10.6. The van der Waals surface area contributed by atoms with Gasteiger partial charge in [-0.2, -0.15) is 5.11 Å². The third-order valence-electron chi connectivity index (χ3n) is 3.58. The first-order valence-corrected chi connectivity index (χ1v) is 7.26. The predicted molar refractivity (Wildman–Crippen MR) is 74.6 cm³/mol. The van der Waals surface area contributed by atoms with Crippen LogP contribution in [0.15, 0.2) is 10.3 Å². The van der Waals surface area contributed by atoms with Gasteiger partial charge in [-0.1, -0.05) is 32.4 Å². The Bertz CT molecular complexity index is 266. The van der Waals surface area contributed by atoms with Gasteiger partial charge in [0.05, 0.1) is 18.8 Å². The molecule has 106 valence electrons. The first-order valence-electron chi connectivity index (χ1n) is 7.26. The molecule has 2 atom stereocenters. The Morgan fingerprint density at radius 2 is 2.11 bits per heavy atom. The van der Waals surface area contributed by atoms with Crippen LogP contribution < -0.4 is 0 Å². The van der Waals surface area contributed by atoms with Gasteiger partial charge in [-0.25, -0.2) is 0 Å². The lowest BCUT2D eigenvalue weighted by Crippen LogP contribution is -2.32. The summed E-state index contributed by atoms with van der Waals surface area (Å²) in [6, 6.07) is 0.213. The van der Waals surface area contributed by atoms with Crippen molar-refractivity contribution in [1.82, 2.24) is 5.01 Å². The molecule has 2 unspecified atom stereocenters. The number of hydrogen-bond donors (Lipinski definition) is 0. The van der Waals surface area contributed by atoms with Crippen molar-refractivity contribution in [3.63, 3.8) is 0 Å². The van der Waals surface area contributed by atoms with Crippen LogP contribution in [0.2, 0.25) is 0 Å². The number of ether oxygens (including phenoxy) is 1. The monoisotopic (exact) mass is 255 g/mol. The molecule has 0 fully saturated rings. The van der Waals surface area contributed by atoms with Crippen LogP contribution in [0.5, 0.6) is 0 Å². The molecular weight excluding hydrogens is 226 g/mol. The van der Waals surface area contributed by atoms with Gasteiger partial charge in [0.15, 0.2) is 0 Å². The molecule has 1 aliphatic heterocycles. The van der Waals surface area contributed by atoms with Gasteiger partial charge in [-0.15, -0.1) is 0 Å². The molecule has 18 heavy (non-hydrogen) atoms. The van der Waals surface area contributed by atoms with Crippen LogP contribution in [0.4, 0.5) is 0 Å². The Labute approximate surface area is 112 Å². The lowest BCUT2D eigenvalue weighted by molar-refractivity contribution is -0.0263. The van der Waals surface area contributed by atoms with Gasteiger partial charge < -0.3 is 4.74 Å². The largest absolute Gasteiger partial charge is 0.373 e. The van der Waals surface area contributed by atoms with E-state index in [4.69, 9.17) is 4.74 Å². The van der Waals surface area contributed by atoms with Gasteiger partial charge in [0, 0.05) is 6.54 Å². The second-order valence-corrected chi connectivity index (χ2v) is 6.05. The summed E-state index contributed by atoms with van der Waals surface area (Å²) in [7, 11) is 0. The van der Waals surface area contributed by atoms with E-state index in [2.05, 4.69) is 50.0 Å². The molecular formula is C14H29N3O. The summed E-state index contributed by atoms with van der Waals surface area (Å²) in [5.41, 5.74) is -0.0432.